The lowest BCUT2D eigenvalue weighted by atomic mass is 10.1. The van der Waals surface area contributed by atoms with Crippen molar-refractivity contribution < 1.29 is 14.6 Å². The number of fused-ring (bicyclic) bond motifs is 2. The molecule has 0 spiro atoms. The van der Waals surface area contributed by atoms with Crippen LogP contribution in [0.4, 0.5) is 0 Å². The minimum atomic E-state index is -0.179. The molecule has 1 fully saturated rings. The van der Waals surface area contributed by atoms with Crippen LogP contribution in [0, 0.1) is 0 Å². The number of rotatable bonds is 7. The van der Waals surface area contributed by atoms with E-state index in [1.54, 1.807) is 17.0 Å². The summed E-state index contributed by atoms with van der Waals surface area (Å²) in [5, 5.41) is 19.0. The van der Waals surface area contributed by atoms with Crippen molar-refractivity contribution in [3.05, 3.63) is 52.7 Å². The number of nitrogens with zero attached hydrogens (tertiary/aromatic N) is 3. The van der Waals surface area contributed by atoms with Crippen LogP contribution < -0.4 is 10.5 Å². The van der Waals surface area contributed by atoms with Gasteiger partial charge in [-0.25, -0.2) is 0 Å². The molecule has 8 nitrogen and oxygen atoms in total. The number of nitrogens with one attached hydrogen (secondary N) is 1. The number of aromatic hydroxyl groups is 1. The van der Waals surface area contributed by atoms with Crippen molar-refractivity contribution >= 4 is 16.8 Å². The second kappa shape index (κ2) is 9.41. The largest absolute Gasteiger partial charge is 0.507 e. The van der Waals surface area contributed by atoms with Crippen molar-refractivity contribution in [1.29, 1.82) is 0 Å². The van der Waals surface area contributed by atoms with Gasteiger partial charge in [-0.1, -0.05) is 12.5 Å². The second-order valence-corrected chi connectivity index (χ2v) is 9.01. The van der Waals surface area contributed by atoms with E-state index in [0.29, 0.717) is 37.3 Å². The van der Waals surface area contributed by atoms with Gasteiger partial charge in [-0.15, -0.1) is 0 Å². The number of phenols is 1. The Balaban J connectivity index is 1.34. The van der Waals surface area contributed by atoms with Crippen LogP contribution in [0.25, 0.3) is 10.9 Å². The number of nitrogens with two attached hydrogens (primary N) is 1. The van der Waals surface area contributed by atoms with E-state index in [1.165, 1.54) is 19.3 Å². The number of carbonyl (C=O) groups is 1. The fourth-order valence-corrected chi connectivity index (χ4v) is 4.78. The molecule has 4 N–H and O–H groups in total. The first-order chi connectivity index (χ1) is 16.1. The molecule has 5 rings (SSSR count). The Labute approximate surface area is 193 Å². The van der Waals surface area contributed by atoms with E-state index in [9.17, 15) is 9.90 Å². The van der Waals surface area contributed by atoms with Crippen molar-refractivity contribution in [2.75, 3.05) is 26.2 Å². The van der Waals surface area contributed by atoms with Gasteiger partial charge in [0.05, 0.1) is 23.4 Å². The summed E-state index contributed by atoms with van der Waals surface area (Å²) in [5.41, 5.74) is 9.69. The Morgan fingerprint density at radius 1 is 1.12 bits per heavy atom. The zero-order valence-corrected chi connectivity index (χ0v) is 18.8. The van der Waals surface area contributed by atoms with Crippen molar-refractivity contribution in [2.24, 2.45) is 5.73 Å². The molecule has 3 heterocycles. The van der Waals surface area contributed by atoms with Crippen LogP contribution in [0.2, 0.25) is 0 Å². The summed E-state index contributed by atoms with van der Waals surface area (Å²) < 4.78 is 5.75. The molecular formula is C25H31N5O3. The van der Waals surface area contributed by atoms with E-state index in [-0.39, 0.29) is 11.7 Å². The van der Waals surface area contributed by atoms with E-state index in [0.717, 1.165) is 54.0 Å². The molecule has 2 aliphatic heterocycles. The van der Waals surface area contributed by atoms with E-state index in [4.69, 9.17) is 10.5 Å². The third-order valence-corrected chi connectivity index (χ3v) is 6.62. The Kier molecular flexibility index (Phi) is 6.20. The van der Waals surface area contributed by atoms with Crippen molar-refractivity contribution in [3.63, 3.8) is 0 Å². The highest BCUT2D eigenvalue weighted by Crippen LogP contribution is 2.32. The number of hydrogen-bond donors (Lipinski definition) is 3. The first kappa shape index (κ1) is 21.7. The maximum absolute atomic E-state index is 13.4. The van der Waals surface area contributed by atoms with Gasteiger partial charge in [-0.2, -0.15) is 5.10 Å². The highest BCUT2D eigenvalue weighted by atomic mass is 16.5. The predicted octanol–water partition coefficient (Wildman–Crippen LogP) is 3.14. The number of phenolic OH excluding ortho intramolecular Hbond substituents is 1. The summed E-state index contributed by atoms with van der Waals surface area (Å²) in [6, 6.07) is 9.32. The minimum absolute atomic E-state index is 0.0368. The van der Waals surface area contributed by atoms with Gasteiger partial charge in [0.1, 0.15) is 11.5 Å². The highest BCUT2D eigenvalue weighted by Gasteiger charge is 2.27. The Hall–Kier alpha value is -3.10. The van der Waals surface area contributed by atoms with Crippen LogP contribution in [0.1, 0.15) is 52.9 Å². The van der Waals surface area contributed by atoms with Crippen molar-refractivity contribution in [2.45, 2.75) is 45.3 Å². The summed E-state index contributed by atoms with van der Waals surface area (Å²) in [5.74, 6) is 0.577. The predicted molar refractivity (Wildman–Crippen MR) is 126 cm³/mol. The molecule has 1 aromatic heterocycles. The van der Waals surface area contributed by atoms with Gasteiger partial charge in [-0.05, 0) is 68.2 Å². The molecule has 0 bridgehead atoms. The smallest absolute Gasteiger partial charge is 0.258 e. The molecule has 2 aromatic carbocycles. The second-order valence-electron chi connectivity index (χ2n) is 9.01. The first-order valence-electron chi connectivity index (χ1n) is 11.8. The molecule has 3 aromatic rings. The van der Waals surface area contributed by atoms with Gasteiger partial charge in [0.2, 0.25) is 0 Å². The molecule has 2 aliphatic rings. The van der Waals surface area contributed by atoms with Gasteiger partial charge in [0, 0.05) is 31.1 Å². The first-order valence-corrected chi connectivity index (χ1v) is 11.8. The van der Waals surface area contributed by atoms with Gasteiger partial charge in [0.15, 0.2) is 0 Å². The van der Waals surface area contributed by atoms with Gasteiger partial charge in [-0.3, -0.25) is 14.8 Å². The van der Waals surface area contributed by atoms with Crippen LogP contribution >= 0.6 is 0 Å². The Morgan fingerprint density at radius 3 is 2.76 bits per heavy atom. The molecule has 0 unspecified atom stereocenters. The van der Waals surface area contributed by atoms with E-state index < -0.39 is 0 Å². The Morgan fingerprint density at radius 2 is 1.94 bits per heavy atom. The molecule has 1 amide bonds. The standard InChI is InChI=1S/C25H31N5O3/c26-7-4-10-33-19-6-5-17-14-30(15-18(17)11-19)25(32)21-12-20-22(13-24(21)31)27-28-23(20)16-29-8-2-1-3-9-29/h5-6,11-13,31H,1-4,7-10,14-16,26H2,(H,27,28). The lowest BCUT2D eigenvalue weighted by Crippen LogP contribution is -2.29. The van der Waals surface area contributed by atoms with E-state index in [1.807, 2.05) is 18.2 Å². The van der Waals surface area contributed by atoms with Crippen molar-refractivity contribution in [1.82, 2.24) is 20.0 Å². The summed E-state index contributed by atoms with van der Waals surface area (Å²) in [7, 11) is 0. The molecule has 0 atom stereocenters. The number of hydrogen-bond acceptors (Lipinski definition) is 6. The number of carbonyl (C=O) groups excluding carboxylic acids is 1. The fourth-order valence-electron chi connectivity index (χ4n) is 4.78. The lowest BCUT2D eigenvalue weighted by Gasteiger charge is -2.25. The average Bonchev–Trinajstić information content (AvgIpc) is 3.42. The Bertz CT molecular complexity index is 1150. The van der Waals surface area contributed by atoms with Crippen LogP contribution in [0.3, 0.4) is 0 Å². The van der Waals surface area contributed by atoms with Gasteiger partial charge in [0.25, 0.3) is 5.91 Å². The van der Waals surface area contributed by atoms with Crippen LogP contribution in [0.5, 0.6) is 11.5 Å². The fraction of sp³-hybridized carbons (Fsp3) is 0.440. The number of aromatic nitrogens is 2. The molecule has 0 saturated carbocycles. The molecule has 174 valence electrons. The maximum atomic E-state index is 13.4. The maximum Gasteiger partial charge on any atom is 0.258 e. The molecule has 0 radical (unpaired) electrons. The summed E-state index contributed by atoms with van der Waals surface area (Å²) in [6.45, 7) is 5.11. The molecule has 0 aliphatic carbocycles. The molecule has 8 heteroatoms. The van der Waals surface area contributed by atoms with Gasteiger partial charge < -0.3 is 20.5 Å². The zero-order chi connectivity index (χ0) is 22.8. The topological polar surface area (TPSA) is 108 Å². The third kappa shape index (κ3) is 4.54. The van der Waals surface area contributed by atoms with E-state index in [2.05, 4.69) is 15.1 Å². The number of H-pyrrole nitrogens is 1. The molecule has 1 saturated heterocycles. The molecular weight excluding hydrogens is 418 g/mol. The number of piperidine rings is 1. The normalized spacial score (nSPS) is 16.3. The van der Waals surface area contributed by atoms with Gasteiger partial charge >= 0.3 is 0 Å². The highest BCUT2D eigenvalue weighted by molar-refractivity contribution is 6.01. The summed E-state index contributed by atoms with van der Waals surface area (Å²) in [6.07, 6.45) is 4.52. The minimum Gasteiger partial charge on any atom is -0.507 e. The SMILES string of the molecule is NCCCOc1ccc2c(c1)CN(C(=O)c1cc3c(CN4CCCCC4)[nH]nc3cc1O)C2. The van der Waals surface area contributed by atoms with Crippen LogP contribution in [0.15, 0.2) is 30.3 Å². The zero-order valence-electron chi connectivity index (χ0n) is 18.8. The number of aromatic amines is 1. The number of benzene rings is 2. The van der Waals surface area contributed by atoms with E-state index >= 15 is 0 Å². The quantitative estimate of drug-likeness (QED) is 0.479. The number of likely N-dealkylation sites (tertiary alicyclic amines) is 1. The monoisotopic (exact) mass is 449 g/mol. The third-order valence-electron chi connectivity index (χ3n) is 6.62. The van der Waals surface area contributed by atoms with Crippen LogP contribution in [-0.2, 0) is 19.6 Å². The van der Waals surface area contributed by atoms with Crippen LogP contribution in [-0.4, -0.2) is 57.3 Å². The average molecular weight is 450 g/mol. The van der Waals surface area contributed by atoms with Crippen molar-refractivity contribution in [3.8, 4) is 11.5 Å². The molecule has 33 heavy (non-hydrogen) atoms. The summed E-state index contributed by atoms with van der Waals surface area (Å²) >= 11 is 0. The number of ether oxygens (including phenoxy) is 1. The number of amides is 1. The summed E-state index contributed by atoms with van der Waals surface area (Å²) in [4.78, 5) is 17.6. The lowest BCUT2D eigenvalue weighted by molar-refractivity contribution is 0.0748.